The number of rotatable bonds is 3. The van der Waals surface area contributed by atoms with Crippen LogP contribution in [0.2, 0.25) is 0 Å². The van der Waals surface area contributed by atoms with Crippen LogP contribution in [0.25, 0.3) is 15.5 Å². The number of fused-ring (bicyclic) bond motifs is 1. The summed E-state index contributed by atoms with van der Waals surface area (Å²) in [6, 6.07) is 4.20. The molecule has 0 radical (unpaired) electrons. The monoisotopic (exact) mass is 249 g/mol. The highest BCUT2D eigenvalue weighted by atomic mass is 32.1. The molecule has 0 aliphatic rings. The molecule has 0 atom stereocenters. The Kier molecular flexibility index (Phi) is 2.51. The average molecular weight is 249 g/mol. The molecule has 0 spiro atoms. The first-order chi connectivity index (χ1) is 7.88. The number of hydrogen-bond donors (Lipinski definition) is 1. The zero-order valence-corrected chi connectivity index (χ0v) is 10.2. The van der Waals surface area contributed by atoms with Gasteiger partial charge in [-0.2, -0.15) is 0 Å². The van der Waals surface area contributed by atoms with Crippen molar-refractivity contribution in [3.63, 3.8) is 0 Å². The molecule has 2 N–H and O–H groups in total. The molecule has 5 heteroatoms. The molecule has 0 aliphatic carbocycles. The van der Waals surface area contributed by atoms with E-state index in [2.05, 4.69) is 38.5 Å². The second-order valence-electron chi connectivity index (χ2n) is 3.52. The van der Waals surface area contributed by atoms with Crippen molar-refractivity contribution in [2.45, 2.75) is 6.42 Å². The molecule has 0 bridgehead atoms. The standard InChI is InChI=1S/C11H11N3S2/c12-4-3-8-6-14-9(7-16-11(14)13-8)10-2-1-5-15-10/h1-2,5-7H,3-4,12H2. The van der Waals surface area contributed by atoms with Crippen LogP contribution in [-0.4, -0.2) is 15.9 Å². The van der Waals surface area contributed by atoms with E-state index in [1.54, 1.807) is 22.7 Å². The Morgan fingerprint density at radius 2 is 2.31 bits per heavy atom. The molecule has 0 unspecified atom stereocenters. The van der Waals surface area contributed by atoms with Crippen LogP contribution in [0.1, 0.15) is 5.69 Å². The van der Waals surface area contributed by atoms with Crippen molar-refractivity contribution in [2.75, 3.05) is 6.54 Å². The third-order valence-electron chi connectivity index (χ3n) is 2.43. The van der Waals surface area contributed by atoms with Gasteiger partial charge < -0.3 is 5.73 Å². The number of nitrogens with zero attached hydrogens (tertiary/aromatic N) is 2. The number of imidazole rings is 1. The van der Waals surface area contributed by atoms with E-state index in [1.165, 1.54) is 10.6 Å². The van der Waals surface area contributed by atoms with Crippen LogP contribution in [-0.2, 0) is 6.42 Å². The van der Waals surface area contributed by atoms with E-state index in [9.17, 15) is 0 Å². The zero-order chi connectivity index (χ0) is 11.0. The summed E-state index contributed by atoms with van der Waals surface area (Å²) in [6.45, 7) is 0.652. The summed E-state index contributed by atoms with van der Waals surface area (Å²) < 4.78 is 2.15. The van der Waals surface area contributed by atoms with Crippen molar-refractivity contribution in [3.8, 4) is 10.6 Å². The summed E-state index contributed by atoms with van der Waals surface area (Å²) in [4.78, 5) is 6.87. The Morgan fingerprint density at radius 1 is 1.38 bits per heavy atom. The van der Waals surface area contributed by atoms with Gasteiger partial charge in [-0.1, -0.05) is 6.07 Å². The summed E-state index contributed by atoms with van der Waals surface area (Å²) >= 11 is 3.43. The van der Waals surface area contributed by atoms with Gasteiger partial charge in [-0.05, 0) is 18.0 Å². The van der Waals surface area contributed by atoms with Gasteiger partial charge in [-0.25, -0.2) is 4.98 Å². The second kappa shape index (κ2) is 4.01. The molecule has 3 aromatic heterocycles. The molecule has 0 fully saturated rings. The number of hydrogen-bond acceptors (Lipinski definition) is 4. The first-order valence-corrected chi connectivity index (χ1v) is 6.84. The summed E-state index contributed by atoms with van der Waals surface area (Å²) in [7, 11) is 0. The van der Waals surface area contributed by atoms with Crippen LogP contribution in [0.5, 0.6) is 0 Å². The maximum atomic E-state index is 5.54. The Hall–Kier alpha value is -1.17. The molecule has 3 aromatic rings. The highest BCUT2D eigenvalue weighted by molar-refractivity contribution is 7.16. The van der Waals surface area contributed by atoms with E-state index >= 15 is 0 Å². The van der Waals surface area contributed by atoms with Crippen molar-refractivity contribution in [3.05, 3.63) is 34.8 Å². The molecule has 3 nitrogen and oxygen atoms in total. The van der Waals surface area contributed by atoms with Gasteiger partial charge in [0.2, 0.25) is 0 Å². The number of aromatic nitrogens is 2. The first kappa shape index (κ1) is 10.0. The van der Waals surface area contributed by atoms with E-state index in [4.69, 9.17) is 5.73 Å². The van der Waals surface area contributed by atoms with Crippen LogP contribution in [0.4, 0.5) is 0 Å². The molecule has 16 heavy (non-hydrogen) atoms. The van der Waals surface area contributed by atoms with Gasteiger partial charge in [-0.3, -0.25) is 4.40 Å². The summed E-state index contributed by atoms with van der Waals surface area (Å²) in [6.07, 6.45) is 2.94. The highest BCUT2D eigenvalue weighted by Gasteiger charge is 2.09. The van der Waals surface area contributed by atoms with Gasteiger partial charge >= 0.3 is 0 Å². The van der Waals surface area contributed by atoms with E-state index in [-0.39, 0.29) is 0 Å². The quantitative estimate of drug-likeness (QED) is 0.775. The molecule has 0 saturated carbocycles. The number of nitrogens with two attached hydrogens (primary N) is 1. The van der Waals surface area contributed by atoms with E-state index in [0.29, 0.717) is 6.54 Å². The fourth-order valence-electron chi connectivity index (χ4n) is 1.70. The fraction of sp³-hybridized carbons (Fsp3) is 0.182. The fourth-order valence-corrected chi connectivity index (χ4v) is 3.41. The molecule has 3 rings (SSSR count). The van der Waals surface area contributed by atoms with E-state index in [1.807, 2.05) is 0 Å². The Bertz CT molecular complexity index is 592. The molecule has 3 heterocycles. The van der Waals surface area contributed by atoms with Crippen LogP contribution in [0, 0.1) is 0 Å². The average Bonchev–Trinajstić information content (AvgIpc) is 2.90. The smallest absolute Gasteiger partial charge is 0.194 e. The molecule has 0 aliphatic heterocycles. The van der Waals surface area contributed by atoms with Crippen molar-refractivity contribution in [1.29, 1.82) is 0 Å². The lowest BCUT2D eigenvalue weighted by molar-refractivity contribution is 0.937. The maximum Gasteiger partial charge on any atom is 0.194 e. The van der Waals surface area contributed by atoms with Crippen LogP contribution in [0.15, 0.2) is 29.1 Å². The molecular formula is C11H11N3S2. The van der Waals surface area contributed by atoms with Gasteiger partial charge in [0.05, 0.1) is 16.3 Å². The molecular weight excluding hydrogens is 238 g/mol. The zero-order valence-electron chi connectivity index (χ0n) is 8.59. The number of thiazole rings is 1. The lowest BCUT2D eigenvalue weighted by Gasteiger charge is -1.93. The highest BCUT2D eigenvalue weighted by Crippen LogP contribution is 2.29. The largest absolute Gasteiger partial charge is 0.330 e. The summed E-state index contributed by atoms with van der Waals surface area (Å²) in [5, 5.41) is 4.25. The van der Waals surface area contributed by atoms with Crippen LogP contribution >= 0.6 is 22.7 Å². The Morgan fingerprint density at radius 3 is 3.06 bits per heavy atom. The molecule has 0 saturated heterocycles. The maximum absolute atomic E-state index is 5.54. The molecule has 0 amide bonds. The predicted octanol–water partition coefficient (Wildman–Crippen LogP) is 2.63. The third-order valence-corrected chi connectivity index (χ3v) is 4.17. The SMILES string of the molecule is NCCc1cn2c(-c3cccs3)csc2n1. The van der Waals surface area contributed by atoms with Gasteiger partial charge in [0.15, 0.2) is 4.96 Å². The Balaban J connectivity index is 2.12. The van der Waals surface area contributed by atoms with Gasteiger partial charge in [0, 0.05) is 18.0 Å². The summed E-state index contributed by atoms with van der Waals surface area (Å²) in [5.74, 6) is 0. The minimum absolute atomic E-state index is 0.652. The minimum Gasteiger partial charge on any atom is -0.330 e. The van der Waals surface area contributed by atoms with Crippen LogP contribution < -0.4 is 5.73 Å². The minimum atomic E-state index is 0.652. The summed E-state index contributed by atoms with van der Waals surface area (Å²) in [5.41, 5.74) is 7.84. The van der Waals surface area contributed by atoms with Gasteiger partial charge in [0.25, 0.3) is 0 Å². The lowest BCUT2D eigenvalue weighted by Crippen LogP contribution is -2.02. The van der Waals surface area contributed by atoms with Crippen LogP contribution in [0.3, 0.4) is 0 Å². The first-order valence-electron chi connectivity index (χ1n) is 5.08. The molecule has 82 valence electrons. The Labute approximate surface area is 101 Å². The van der Waals surface area contributed by atoms with Gasteiger partial charge in [0.1, 0.15) is 0 Å². The van der Waals surface area contributed by atoms with Gasteiger partial charge in [-0.15, -0.1) is 22.7 Å². The lowest BCUT2D eigenvalue weighted by atomic mass is 10.3. The van der Waals surface area contributed by atoms with Crippen molar-refractivity contribution >= 4 is 27.6 Å². The van der Waals surface area contributed by atoms with Crippen molar-refractivity contribution < 1.29 is 0 Å². The third kappa shape index (κ3) is 1.57. The topological polar surface area (TPSA) is 43.3 Å². The second-order valence-corrected chi connectivity index (χ2v) is 5.31. The van der Waals surface area contributed by atoms with Crippen molar-refractivity contribution in [1.82, 2.24) is 9.38 Å². The van der Waals surface area contributed by atoms with E-state index < -0.39 is 0 Å². The molecule has 0 aromatic carbocycles. The normalized spacial score (nSPS) is 11.3. The van der Waals surface area contributed by atoms with Crippen molar-refractivity contribution in [2.24, 2.45) is 5.73 Å². The van der Waals surface area contributed by atoms with E-state index in [0.717, 1.165) is 17.1 Å². The number of thiophene rings is 1. The predicted molar refractivity (Wildman–Crippen MR) is 69.1 cm³/mol.